The van der Waals surface area contributed by atoms with Crippen molar-refractivity contribution in [1.29, 1.82) is 0 Å². The fraction of sp³-hybridized carbons (Fsp3) is 0.304. The fourth-order valence-corrected chi connectivity index (χ4v) is 3.05. The average molecular weight is 484 g/mol. The first kappa shape index (κ1) is 25.1. The Morgan fingerprint density at radius 3 is 2.35 bits per heavy atom. The second kappa shape index (κ2) is 9.78. The summed E-state index contributed by atoms with van der Waals surface area (Å²) >= 11 is 0. The number of nitrogens with zero attached hydrogens (tertiary/aromatic N) is 2. The molecule has 182 valence electrons. The number of alkyl halides is 6. The van der Waals surface area contributed by atoms with Crippen molar-refractivity contribution in [3.8, 4) is 17.0 Å². The van der Waals surface area contributed by atoms with Crippen LogP contribution in [0.25, 0.3) is 11.3 Å². The maximum absolute atomic E-state index is 13.3. The summed E-state index contributed by atoms with van der Waals surface area (Å²) in [4.78, 5) is 8.68. The maximum Gasteiger partial charge on any atom is 0.573 e. The molecule has 0 bridgehead atoms. The summed E-state index contributed by atoms with van der Waals surface area (Å²) in [6.07, 6.45) is -8.65. The van der Waals surface area contributed by atoms with Gasteiger partial charge in [-0.15, -0.1) is 13.2 Å². The number of hydrogen-bond acceptors (Lipinski definition) is 5. The molecule has 0 fully saturated rings. The van der Waals surface area contributed by atoms with Crippen LogP contribution < -0.4 is 15.4 Å². The molecule has 0 aliphatic heterocycles. The van der Waals surface area contributed by atoms with Gasteiger partial charge in [0.05, 0.1) is 11.3 Å². The predicted octanol–water partition coefficient (Wildman–Crippen LogP) is 7.32. The Labute approximate surface area is 192 Å². The molecule has 11 heteroatoms. The molecule has 0 aliphatic carbocycles. The Bertz CT molecular complexity index is 1150. The zero-order valence-electron chi connectivity index (χ0n) is 18.5. The summed E-state index contributed by atoms with van der Waals surface area (Å²) in [5.41, 5.74) is -0.0200. The topological polar surface area (TPSA) is 59.1 Å². The van der Waals surface area contributed by atoms with E-state index < -0.39 is 23.9 Å². The van der Waals surface area contributed by atoms with Crippen LogP contribution in [-0.2, 0) is 6.18 Å². The van der Waals surface area contributed by atoms with Crippen LogP contribution in [0.15, 0.2) is 48.5 Å². The highest BCUT2D eigenvalue weighted by Gasteiger charge is 2.33. The largest absolute Gasteiger partial charge is 0.573 e. The van der Waals surface area contributed by atoms with E-state index in [1.54, 1.807) is 0 Å². The Morgan fingerprint density at radius 2 is 1.71 bits per heavy atom. The molecule has 5 nitrogen and oxygen atoms in total. The summed E-state index contributed by atoms with van der Waals surface area (Å²) in [6, 6.07) is 10.4. The molecule has 0 unspecified atom stereocenters. The Kier molecular flexibility index (Phi) is 7.23. The van der Waals surface area contributed by atoms with Crippen molar-refractivity contribution in [2.45, 2.75) is 45.8 Å². The van der Waals surface area contributed by atoms with Crippen molar-refractivity contribution in [3.05, 3.63) is 59.7 Å². The standard InChI is InChI=1S/C23H22F6N4O/c1-4-14(3)30-21-32-19(15-6-5-7-17(10-15)34-23(27,28)29)12-20(33-21)31-16-9-8-13(2)18(11-16)22(24,25)26/h5-12,14H,4H2,1-3H3,(H2,30,31,32,33)/t14-/m1/s1. The molecule has 34 heavy (non-hydrogen) atoms. The van der Waals surface area contributed by atoms with Crippen LogP contribution in [0.4, 0.5) is 43.8 Å². The molecule has 2 aromatic carbocycles. The van der Waals surface area contributed by atoms with Gasteiger partial charge in [-0.3, -0.25) is 0 Å². The minimum absolute atomic E-state index is 0.0285. The number of ether oxygens (including phenoxy) is 1. The molecule has 1 aromatic heterocycles. The molecule has 2 N–H and O–H groups in total. The van der Waals surface area contributed by atoms with Crippen molar-refractivity contribution >= 4 is 17.5 Å². The van der Waals surface area contributed by atoms with E-state index in [0.717, 1.165) is 18.6 Å². The van der Waals surface area contributed by atoms with E-state index >= 15 is 0 Å². The lowest BCUT2D eigenvalue weighted by molar-refractivity contribution is -0.274. The Balaban J connectivity index is 2.01. The van der Waals surface area contributed by atoms with Crippen LogP contribution in [0.5, 0.6) is 5.75 Å². The van der Waals surface area contributed by atoms with Gasteiger partial charge < -0.3 is 15.4 Å². The number of benzene rings is 2. The van der Waals surface area contributed by atoms with Crippen molar-refractivity contribution in [3.63, 3.8) is 0 Å². The minimum Gasteiger partial charge on any atom is -0.406 e. The van der Waals surface area contributed by atoms with Gasteiger partial charge >= 0.3 is 12.5 Å². The maximum atomic E-state index is 13.3. The number of hydrogen-bond donors (Lipinski definition) is 2. The monoisotopic (exact) mass is 484 g/mol. The van der Waals surface area contributed by atoms with E-state index in [4.69, 9.17) is 0 Å². The van der Waals surface area contributed by atoms with Crippen LogP contribution in [0, 0.1) is 6.92 Å². The zero-order chi connectivity index (χ0) is 25.1. The normalized spacial score (nSPS) is 12.9. The lowest BCUT2D eigenvalue weighted by Gasteiger charge is -2.16. The number of anilines is 3. The van der Waals surface area contributed by atoms with Crippen LogP contribution in [-0.4, -0.2) is 22.4 Å². The second-order valence-corrected chi connectivity index (χ2v) is 7.64. The van der Waals surface area contributed by atoms with Gasteiger partial charge in [0.1, 0.15) is 11.6 Å². The van der Waals surface area contributed by atoms with Gasteiger partial charge in [-0.05, 0) is 50.1 Å². The van der Waals surface area contributed by atoms with Crippen LogP contribution in [0.1, 0.15) is 31.4 Å². The van der Waals surface area contributed by atoms with E-state index in [2.05, 4.69) is 25.3 Å². The lowest BCUT2D eigenvalue weighted by atomic mass is 10.1. The van der Waals surface area contributed by atoms with E-state index in [1.165, 1.54) is 43.3 Å². The molecule has 3 aromatic rings. The third-order valence-electron chi connectivity index (χ3n) is 4.89. The van der Waals surface area contributed by atoms with Crippen molar-refractivity contribution in [2.75, 3.05) is 10.6 Å². The van der Waals surface area contributed by atoms with E-state index in [-0.39, 0.29) is 34.8 Å². The van der Waals surface area contributed by atoms with Gasteiger partial charge in [0, 0.05) is 23.4 Å². The van der Waals surface area contributed by atoms with Gasteiger partial charge in [-0.1, -0.05) is 25.1 Å². The van der Waals surface area contributed by atoms with Crippen molar-refractivity contribution < 1.29 is 31.1 Å². The first-order chi connectivity index (χ1) is 15.8. The highest BCUT2D eigenvalue weighted by Crippen LogP contribution is 2.34. The summed E-state index contributed by atoms with van der Waals surface area (Å²) < 4.78 is 81.8. The SMILES string of the molecule is CC[C@@H](C)Nc1nc(Nc2ccc(C)c(C(F)(F)F)c2)cc(-c2cccc(OC(F)(F)F)c2)n1. The molecule has 1 heterocycles. The summed E-state index contributed by atoms with van der Waals surface area (Å²) in [6.45, 7) is 5.18. The molecule has 1 atom stereocenters. The fourth-order valence-electron chi connectivity index (χ4n) is 3.05. The molecule has 0 aliphatic rings. The van der Waals surface area contributed by atoms with E-state index in [0.29, 0.717) is 5.56 Å². The molecule has 0 saturated heterocycles. The summed E-state index contributed by atoms with van der Waals surface area (Å²) in [5, 5.41) is 5.91. The lowest BCUT2D eigenvalue weighted by Crippen LogP contribution is -2.17. The first-order valence-electron chi connectivity index (χ1n) is 10.3. The van der Waals surface area contributed by atoms with Crippen molar-refractivity contribution in [1.82, 2.24) is 9.97 Å². The van der Waals surface area contributed by atoms with Gasteiger partial charge in [0.25, 0.3) is 0 Å². The number of aromatic nitrogens is 2. The quantitative estimate of drug-likeness (QED) is 0.344. The van der Waals surface area contributed by atoms with Crippen molar-refractivity contribution in [2.24, 2.45) is 0 Å². The number of nitrogens with one attached hydrogen (secondary N) is 2. The van der Waals surface area contributed by atoms with E-state index in [1.807, 2.05) is 13.8 Å². The summed E-state index contributed by atoms with van der Waals surface area (Å²) in [7, 11) is 0. The average Bonchev–Trinajstić information content (AvgIpc) is 2.73. The highest BCUT2D eigenvalue weighted by molar-refractivity contribution is 5.69. The first-order valence-corrected chi connectivity index (χ1v) is 10.3. The zero-order valence-corrected chi connectivity index (χ0v) is 18.5. The molecule has 0 spiro atoms. The number of halogens is 6. The molecule has 0 radical (unpaired) electrons. The number of aryl methyl sites for hydroxylation is 1. The Hall–Kier alpha value is -3.50. The van der Waals surface area contributed by atoms with Crippen LogP contribution in [0.3, 0.4) is 0 Å². The Morgan fingerprint density at radius 1 is 0.971 bits per heavy atom. The molecule has 0 saturated carbocycles. The number of rotatable bonds is 7. The highest BCUT2D eigenvalue weighted by atomic mass is 19.4. The smallest absolute Gasteiger partial charge is 0.406 e. The van der Waals surface area contributed by atoms with Gasteiger partial charge in [0.2, 0.25) is 5.95 Å². The summed E-state index contributed by atoms with van der Waals surface area (Å²) in [5.74, 6) is -0.0996. The minimum atomic E-state index is -4.86. The second-order valence-electron chi connectivity index (χ2n) is 7.64. The van der Waals surface area contributed by atoms with Gasteiger partial charge in [-0.2, -0.15) is 18.2 Å². The molecular weight excluding hydrogens is 462 g/mol. The molecule has 0 amide bonds. The third kappa shape index (κ3) is 6.75. The van der Waals surface area contributed by atoms with Crippen LogP contribution in [0.2, 0.25) is 0 Å². The predicted molar refractivity (Wildman–Crippen MR) is 117 cm³/mol. The molecule has 3 rings (SSSR count). The third-order valence-corrected chi connectivity index (χ3v) is 4.89. The molecular formula is C23H22F6N4O. The van der Waals surface area contributed by atoms with Crippen LogP contribution >= 0.6 is 0 Å². The van der Waals surface area contributed by atoms with E-state index in [9.17, 15) is 26.3 Å². The van der Waals surface area contributed by atoms with Gasteiger partial charge in [-0.25, -0.2) is 4.98 Å². The van der Waals surface area contributed by atoms with Gasteiger partial charge in [0.15, 0.2) is 0 Å².